The van der Waals surface area contributed by atoms with Gasteiger partial charge in [0.1, 0.15) is 11.4 Å². The molecular weight excluding hydrogens is 202 g/mol. The molecule has 0 saturated carbocycles. The Morgan fingerprint density at radius 3 is 2.56 bits per heavy atom. The summed E-state index contributed by atoms with van der Waals surface area (Å²) in [5.41, 5.74) is -0.109. The highest BCUT2D eigenvalue weighted by Crippen LogP contribution is 2.28. The summed E-state index contributed by atoms with van der Waals surface area (Å²) in [4.78, 5) is 0. The number of aliphatic hydroxyl groups is 1. The van der Waals surface area contributed by atoms with E-state index in [1.54, 1.807) is 14.0 Å². The molecule has 90 valence electrons. The number of para-hydroxylation sites is 1. The third kappa shape index (κ3) is 3.22. The Kier molecular flexibility index (Phi) is 4.33. The van der Waals surface area contributed by atoms with Gasteiger partial charge in [-0.2, -0.15) is 0 Å². The van der Waals surface area contributed by atoms with Gasteiger partial charge in [0, 0.05) is 18.2 Å². The van der Waals surface area contributed by atoms with Gasteiger partial charge in [0.2, 0.25) is 0 Å². The van der Waals surface area contributed by atoms with Crippen molar-refractivity contribution in [2.45, 2.75) is 32.4 Å². The van der Waals surface area contributed by atoms with Crippen LogP contribution in [0.25, 0.3) is 0 Å². The molecule has 3 nitrogen and oxygen atoms in total. The topological polar surface area (TPSA) is 41.5 Å². The van der Waals surface area contributed by atoms with E-state index in [4.69, 9.17) is 4.74 Å². The lowest BCUT2D eigenvalue weighted by Gasteiger charge is -2.27. The lowest BCUT2D eigenvalue weighted by molar-refractivity contribution is 0.0524. The monoisotopic (exact) mass is 223 g/mol. The Balaban J connectivity index is 2.88. The highest BCUT2D eigenvalue weighted by Gasteiger charge is 2.26. The van der Waals surface area contributed by atoms with Gasteiger partial charge in [0.25, 0.3) is 0 Å². The molecule has 0 aliphatic carbocycles. The van der Waals surface area contributed by atoms with Crippen molar-refractivity contribution >= 4 is 0 Å². The molecule has 0 aliphatic rings. The SMILES string of the molecule is COc1ccccc1C(C)(O)CNC(C)C. The van der Waals surface area contributed by atoms with E-state index in [1.807, 2.05) is 24.3 Å². The molecule has 0 aromatic heterocycles. The van der Waals surface area contributed by atoms with Crippen LogP contribution in [0.3, 0.4) is 0 Å². The number of ether oxygens (including phenoxy) is 1. The largest absolute Gasteiger partial charge is 0.496 e. The maximum Gasteiger partial charge on any atom is 0.124 e. The molecule has 0 spiro atoms. The van der Waals surface area contributed by atoms with Gasteiger partial charge in [-0.25, -0.2) is 0 Å². The van der Waals surface area contributed by atoms with Crippen LogP contribution in [0, 0.1) is 0 Å². The molecule has 1 rings (SSSR count). The average Bonchev–Trinajstić information content (AvgIpc) is 2.26. The molecule has 0 saturated heterocycles. The number of rotatable bonds is 5. The summed E-state index contributed by atoms with van der Waals surface area (Å²) in [6.07, 6.45) is 0. The molecule has 1 aromatic carbocycles. The third-order valence-electron chi connectivity index (χ3n) is 2.54. The van der Waals surface area contributed by atoms with E-state index in [0.717, 1.165) is 11.3 Å². The van der Waals surface area contributed by atoms with Gasteiger partial charge in [-0.05, 0) is 13.0 Å². The smallest absolute Gasteiger partial charge is 0.124 e. The van der Waals surface area contributed by atoms with Crippen LogP contribution in [0.15, 0.2) is 24.3 Å². The first-order valence-corrected chi connectivity index (χ1v) is 5.56. The zero-order valence-electron chi connectivity index (χ0n) is 10.4. The average molecular weight is 223 g/mol. The summed E-state index contributed by atoms with van der Waals surface area (Å²) >= 11 is 0. The van der Waals surface area contributed by atoms with Crippen molar-refractivity contribution in [2.24, 2.45) is 0 Å². The van der Waals surface area contributed by atoms with E-state index < -0.39 is 5.60 Å². The van der Waals surface area contributed by atoms with Gasteiger partial charge in [0.15, 0.2) is 0 Å². The summed E-state index contributed by atoms with van der Waals surface area (Å²) in [5.74, 6) is 0.720. The minimum atomic E-state index is -0.920. The Morgan fingerprint density at radius 2 is 2.00 bits per heavy atom. The maximum absolute atomic E-state index is 10.4. The van der Waals surface area contributed by atoms with Crippen molar-refractivity contribution in [3.63, 3.8) is 0 Å². The summed E-state index contributed by atoms with van der Waals surface area (Å²) in [6, 6.07) is 7.90. The van der Waals surface area contributed by atoms with Crippen LogP contribution in [-0.4, -0.2) is 24.8 Å². The zero-order chi connectivity index (χ0) is 12.2. The van der Waals surface area contributed by atoms with E-state index in [1.165, 1.54) is 0 Å². The molecule has 0 heterocycles. The van der Waals surface area contributed by atoms with Gasteiger partial charge in [-0.3, -0.25) is 0 Å². The highest BCUT2D eigenvalue weighted by atomic mass is 16.5. The Morgan fingerprint density at radius 1 is 1.38 bits per heavy atom. The number of benzene rings is 1. The van der Waals surface area contributed by atoms with Crippen molar-refractivity contribution in [3.8, 4) is 5.75 Å². The van der Waals surface area contributed by atoms with Crippen LogP contribution >= 0.6 is 0 Å². The number of nitrogens with one attached hydrogen (secondary N) is 1. The molecule has 0 amide bonds. The molecule has 2 N–H and O–H groups in total. The lowest BCUT2D eigenvalue weighted by Crippen LogP contribution is -2.38. The van der Waals surface area contributed by atoms with Crippen molar-refractivity contribution < 1.29 is 9.84 Å². The van der Waals surface area contributed by atoms with Gasteiger partial charge in [0.05, 0.1) is 7.11 Å². The first-order valence-electron chi connectivity index (χ1n) is 5.56. The summed E-state index contributed by atoms with van der Waals surface area (Å²) in [6.45, 7) is 6.40. The number of hydrogen-bond acceptors (Lipinski definition) is 3. The van der Waals surface area contributed by atoms with Crippen LogP contribution in [0.1, 0.15) is 26.3 Å². The normalized spacial score (nSPS) is 14.9. The standard InChI is InChI=1S/C13H21NO2/c1-10(2)14-9-13(3,15)11-7-5-6-8-12(11)16-4/h5-8,10,14-15H,9H2,1-4H3. The molecule has 3 heteroatoms. The van der Waals surface area contributed by atoms with Crippen LogP contribution in [0.5, 0.6) is 5.75 Å². The molecule has 16 heavy (non-hydrogen) atoms. The summed E-state index contributed by atoms with van der Waals surface area (Å²) in [7, 11) is 1.62. The van der Waals surface area contributed by atoms with Crippen molar-refractivity contribution in [1.29, 1.82) is 0 Å². The minimum absolute atomic E-state index is 0.348. The Bertz CT molecular complexity index is 334. The minimum Gasteiger partial charge on any atom is -0.496 e. The lowest BCUT2D eigenvalue weighted by atomic mass is 9.95. The van der Waals surface area contributed by atoms with Crippen LogP contribution in [0.2, 0.25) is 0 Å². The molecule has 0 aliphatic heterocycles. The zero-order valence-corrected chi connectivity index (χ0v) is 10.4. The molecule has 1 atom stereocenters. The van der Waals surface area contributed by atoms with Crippen LogP contribution in [0.4, 0.5) is 0 Å². The highest BCUT2D eigenvalue weighted by molar-refractivity contribution is 5.37. The summed E-state index contributed by atoms with van der Waals surface area (Å²) in [5, 5.41) is 13.6. The fourth-order valence-electron chi connectivity index (χ4n) is 1.59. The third-order valence-corrected chi connectivity index (χ3v) is 2.54. The Hall–Kier alpha value is -1.06. The van der Waals surface area contributed by atoms with E-state index in [9.17, 15) is 5.11 Å². The number of hydrogen-bond donors (Lipinski definition) is 2. The fourth-order valence-corrected chi connectivity index (χ4v) is 1.59. The van der Waals surface area contributed by atoms with Gasteiger partial charge in [-0.1, -0.05) is 32.0 Å². The van der Waals surface area contributed by atoms with Gasteiger partial charge < -0.3 is 15.2 Å². The molecule has 1 aromatic rings. The molecule has 1 unspecified atom stereocenters. The predicted molar refractivity (Wildman–Crippen MR) is 65.7 cm³/mol. The van der Waals surface area contributed by atoms with Crippen LogP contribution in [-0.2, 0) is 5.60 Å². The van der Waals surface area contributed by atoms with Crippen molar-refractivity contribution in [1.82, 2.24) is 5.32 Å². The van der Waals surface area contributed by atoms with Crippen LogP contribution < -0.4 is 10.1 Å². The maximum atomic E-state index is 10.4. The van der Waals surface area contributed by atoms with E-state index in [-0.39, 0.29) is 0 Å². The van der Waals surface area contributed by atoms with Gasteiger partial charge in [-0.15, -0.1) is 0 Å². The number of methoxy groups -OCH3 is 1. The van der Waals surface area contributed by atoms with Crippen molar-refractivity contribution in [2.75, 3.05) is 13.7 Å². The molecule has 0 radical (unpaired) electrons. The quantitative estimate of drug-likeness (QED) is 0.801. The fraction of sp³-hybridized carbons (Fsp3) is 0.538. The van der Waals surface area contributed by atoms with E-state index >= 15 is 0 Å². The second-order valence-electron chi connectivity index (χ2n) is 4.51. The molecule has 0 bridgehead atoms. The Labute approximate surface area is 97.4 Å². The second-order valence-corrected chi connectivity index (χ2v) is 4.51. The van der Waals surface area contributed by atoms with E-state index in [2.05, 4.69) is 19.2 Å². The molecule has 0 fully saturated rings. The second kappa shape index (κ2) is 5.32. The first-order chi connectivity index (χ1) is 7.47. The predicted octanol–water partition coefficient (Wildman–Crippen LogP) is 1.90. The van der Waals surface area contributed by atoms with Crippen molar-refractivity contribution in [3.05, 3.63) is 29.8 Å². The van der Waals surface area contributed by atoms with E-state index in [0.29, 0.717) is 12.6 Å². The van der Waals surface area contributed by atoms with Gasteiger partial charge >= 0.3 is 0 Å². The first kappa shape index (κ1) is 13.0. The molecular formula is C13H21NO2. The summed E-state index contributed by atoms with van der Waals surface area (Å²) < 4.78 is 5.25.